The summed E-state index contributed by atoms with van der Waals surface area (Å²) in [7, 11) is -1.45. The van der Waals surface area contributed by atoms with Crippen molar-refractivity contribution < 1.29 is 5.11 Å². The Bertz CT molecular complexity index is 464. The Morgan fingerprint density at radius 3 is 2.59 bits per heavy atom. The monoisotopic (exact) mass is 263 g/mol. The predicted octanol–water partition coefficient (Wildman–Crippen LogP) is 3.05. The summed E-state index contributed by atoms with van der Waals surface area (Å²) in [5.74, 6) is 0.736. The second kappa shape index (κ2) is 3.79. The van der Waals surface area contributed by atoms with Crippen molar-refractivity contribution in [3.8, 4) is 5.36 Å². The van der Waals surface area contributed by atoms with E-state index in [2.05, 4.69) is 39.9 Å². The van der Waals surface area contributed by atoms with E-state index in [-0.39, 0.29) is 14.5 Å². The Morgan fingerprint density at radius 1 is 1.41 bits per heavy atom. The van der Waals surface area contributed by atoms with E-state index >= 15 is 0 Å². The molecule has 0 bridgehead atoms. The van der Waals surface area contributed by atoms with Crippen LogP contribution in [0.4, 0.5) is 0 Å². The van der Waals surface area contributed by atoms with Gasteiger partial charge < -0.3 is 0 Å². The summed E-state index contributed by atoms with van der Waals surface area (Å²) in [6.07, 6.45) is 0. The normalized spacial score (nSPS) is 25.4. The molecule has 0 aliphatic carbocycles. The van der Waals surface area contributed by atoms with Crippen LogP contribution in [0.1, 0.15) is 31.9 Å². The first-order chi connectivity index (χ1) is 7.66. The van der Waals surface area contributed by atoms with Gasteiger partial charge in [-0.3, -0.25) is 5.11 Å². The lowest BCUT2D eigenvalue weighted by molar-refractivity contribution is 0.356. The second-order valence-electron chi connectivity index (χ2n) is 6.87. The Morgan fingerprint density at radius 2 is 2.00 bits per heavy atom. The first-order valence-corrected chi connectivity index (χ1v) is 10.8. The second-order valence-corrected chi connectivity index (χ2v) is 13.6. The zero-order valence-electron chi connectivity index (χ0n) is 11.8. The lowest BCUT2D eigenvalue weighted by Gasteiger charge is -2.45. The molecule has 1 aliphatic rings. The molecule has 2 heterocycles. The molecule has 3 heteroatoms. The number of fused-ring (bicyclic) bond motifs is 1. The van der Waals surface area contributed by atoms with Crippen molar-refractivity contribution in [2.45, 2.75) is 52.2 Å². The summed E-state index contributed by atoms with van der Waals surface area (Å²) in [4.78, 5) is 1.61. The number of hydrogen-bond acceptors (Lipinski definition) is 0. The van der Waals surface area contributed by atoms with Crippen LogP contribution in [0, 0.1) is 12.8 Å². The van der Waals surface area contributed by atoms with E-state index in [0.717, 1.165) is 11.5 Å². The van der Waals surface area contributed by atoms with Gasteiger partial charge >= 0.3 is 0 Å². The van der Waals surface area contributed by atoms with Crippen LogP contribution in [-0.4, -0.2) is 17.2 Å². The maximum atomic E-state index is 12.0. The standard InChI is InChI=1S/C14H23OSi2/c1-9-7-11-13(16-12(9)15)17(5,6)8-10(2)14(11,3)4/h7,10,16H,8H2,1-6H3. The molecule has 0 spiro atoms. The lowest BCUT2D eigenvalue weighted by Crippen LogP contribution is -2.56. The van der Waals surface area contributed by atoms with Crippen LogP contribution in [0.2, 0.25) is 19.1 Å². The molecule has 93 valence electrons. The Labute approximate surface area is 108 Å². The van der Waals surface area contributed by atoms with Crippen molar-refractivity contribution in [1.82, 2.24) is 0 Å². The Kier molecular flexibility index (Phi) is 2.90. The van der Waals surface area contributed by atoms with Crippen molar-refractivity contribution in [3.63, 3.8) is 0 Å². The molecular formula is C14H23OSi2. The highest BCUT2D eigenvalue weighted by Gasteiger charge is 2.43. The zero-order chi connectivity index (χ0) is 13.0. The molecule has 0 fully saturated rings. The summed E-state index contributed by atoms with van der Waals surface area (Å²) < 4.78 is 0. The van der Waals surface area contributed by atoms with Gasteiger partial charge in [-0.1, -0.05) is 50.8 Å². The van der Waals surface area contributed by atoms with E-state index in [4.69, 9.17) is 0 Å². The van der Waals surface area contributed by atoms with E-state index < -0.39 is 8.07 Å². The van der Waals surface area contributed by atoms with Gasteiger partial charge in [0, 0.05) is 0 Å². The van der Waals surface area contributed by atoms with Crippen LogP contribution >= 0.6 is 0 Å². The van der Waals surface area contributed by atoms with E-state index in [1.165, 1.54) is 11.6 Å². The first-order valence-electron chi connectivity index (χ1n) is 6.49. The maximum absolute atomic E-state index is 12.0. The molecule has 0 saturated heterocycles. The van der Waals surface area contributed by atoms with Crippen molar-refractivity contribution in [2.24, 2.45) is 5.92 Å². The molecular weight excluding hydrogens is 240 g/mol. The fourth-order valence-corrected chi connectivity index (χ4v) is 10.1. The lowest BCUT2D eigenvalue weighted by atomic mass is 9.75. The average Bonchev–Trinajstić information content (AvgIpc) is 2.18. The van der Waals surface area contributed by atoms with Crippen LogP contribution < -0.4 is 4.80 Å². The number of rotatable bonds is 0. The third-order valence-electron chi connectivity index (χ3n) is 4.79. The third-order valence-corrected chi connectivity index (χ3v) is 12.2. The minimum absolute atomic E-state index is 0.121. The molecule has 0 aromatic carbocycles. The third kappa shape index (κ3) is 1.93. The SMILES string of the molecule is Cc1cc2c([siH]c1[O])[Si](C)(C)CC(C)C2(C)C. The quantitative estimate of drug-likeness (QED) is 0.641. The van der Waals surface area contributed by atoms with E-state index in [0.29, 0.717) is 5.36 Å². The number of aryl methyl sites for hydroxylation is 1. The number of hydrogen-bond donors (Lipinski definition) is 0. The van der Waals surface area contributed by atoms with Crippen LogP contribution in [0.3, 0.4) is 0 Å². The van der Waals surface area contributed by atoms with Crippen LogP contribution in [-0.2, 0) is 10.5 Å². The molecule has 1 unspecified atom stereocenters. The molecule has 1 nitrogen and oxygen atoms in total. The molecule has 2 rings (SSSR count). The van der Waals surface area contributed by atoms with Gasteiger partial charge in [0.05, 0.1) is 17.2 Å². The molecule has 1 aliphatic heterocycles. The van der Waals surface area contributed by atoms with E-state index in [1.54, 1.807) is 4.80 Å². The van der Waals surface area contributed by atoms with Gasteiger partial charge in [-0.25, -0.2) is 0 Å². The fourth-order valence-electron chi connectivity index (χ4n) is 3.18. The van der Waals surface area contributed by atoms with Gasteiger partial charge in [0.1, 0.15) is 0 Å². The summed E-state index contributed by atoms with van der Waals surface area (Å²) >= 11 is 0. The average molecular weight is 264 g/mol. The molecule has 0 saturated carbocycles. The molecule has 1 radical (unpaired) electrons. The summed E-state index contributed by atoms with van der Waals surface area (Å²) in [6, 6.07) is 3.55. The van der Waals surface area contributed by atoms with Crippen LogP contribution in [0.15, 0.2) is 6.07 Å². The van der Waals surface area contributed by atoms with Crippen molar-refractivity contribution in [3.05, 3.63) is 17.2 Å². The van der Waals surface area contributed by atoms with E-state index in [1.807, 2.05) is 6.92 Å². The van der Waals surface area contributed by atoms with Gasteiger partial charge in [0.2, 0.25) is 0 Å². The van der Waals surface area contributed by atoms with Gasteiger partial charge in [-0.2, -0.15) is 0 Å². The maximum Gasteiger partial charge on any atom is 0.151 e. The van der Waals surface area contributed by atoms with Crippen molar-refractivity contribution in [2.75, 3.05) is 0 Å². The highest BCUT2D eigenvalue weighted by Crippen LogP contribution is 2.41. The van der Waals surface area contributed by atoms with Gasteiger partial charge in [0.15, 0.2) is 5.36 Å². The van der Waals surface area contributed by atoms with Crippen LogP contribution in [0.25, 0.3) is 0 Å². The van der Waals surface area contributed by atoms with Crippen LogP contribution in [0.5, 0.6) is 5.36 Å². The largest absolute Gasteiger partial charge is 0.296 e. The molecule has 0 amide bonds. The highest BCUT2D eigenvalue weighted by molar-refractivity contribution is 6.97. The minimum atomic E-state index is -1.32. The van der Waals surface area contributed by atoms with Gasteiger partial charge in [0.25, 0.3) is 0 Å². The zero-order valence-corrected chi connectivity index (χ0v) is 14.0. The topological polar surface area (TPSA) is 19.9 Å². The minimum Gasteiger partial charge on any atom is -0.296 e. The predicted molar refractivity (Wildman–Crippen MR) is 78.2 cm³/mol. The smallest absolute Gasteiger partial charge is 0.151 e. The summed E-state index contributed by atoms with van der Waals surface area (Å²) in [5.41, 5.74) is 2.78. The Hall–Kier alpha value is -0.416. The molecule has 1 atom stereocenters. The molecule has 1 aromatic heterocycles. The van der Waals surface area contributed by atoms with Gasteiger partial charge in [-0.05, 0) is 29.4 Å². The van der Waals surface area contributed by atoms with E-state index in [9.17, 15) is 5.11 Å². The first kappa shape index (κ1) is 13.0. The summed E-state index contributed by atoms with van der Waals surface area (Å²) in [5, 5.41) is 12.4. The van der Waals surface area contributed by atoms with Gasteiger partial charge in [-0.15, -0.1) is 0 Å². The highest BCUT2D eigenvalue weighted by atomic mass is 28.3. The fraction of sp³-hybridized carbons (Fsp3) is 0.643. The summed E-state index contributed by atoms with van der Waals surface area (Å²) in [6.45, 7) is 14.0. The molecule has 17 heavy (non-hydrogen) atoms. The molecule has 1 aromatic rings. The molecule has 0 N–H and O–H groups in total. The Balaban J connectivity index is 2.73. The van der Waals surface area contributed by atoms with Crippen molar-refractivity contribution >= 4 is 22.0 Å². The van der Waals surface area contributed by atoms with Crippen molar-refractivity contribution in [1.29, 1.82) is 0 Å².